The lowest BCUT2D eigenvalue weighted by molar-refractivity contribution is -0.0442. The number of hydrogen-bond donors (Lipinski definition) is 1. The summed E-state index contributed by atoms with van der Waals surface area (Å²) in [6, 6.07) is 10.6. The summed E-state index contributed by atoms with van der Waals surface area (Å²) in [5.41, 5.74) is 1.14. The minimum Gasteiger partial charge on any atom is -0.289 e. The Bertz CT molecular complexity index is 818. The lowest BCUT2D eigenvalue weighted by Gasteiger charge is -2.55. The number of sulfonamides is 1. The van der Waals surface area contributed by atoms with Crippen molar-refractivity contribution in [2.45, 2.75) is 161 Å². The van der Waals surface area contributed by atoms with Crippen LogP contribution < -0.4 is 4.72 Å². The molecule has 0 saturated carbocycles. The first-order valence-electron chi connectivity index (χ1n) is 15.4. The highest BCUT2D eigenvalue weighted by Gasteiger charge is 2.45. The third-order valence-electron chi connectivity index (χ3n) is 8.25. The van der Waals surface area contributed by atoms with Gasteiger partial charge >= 0.3 is 0 Å². The van der Waals surface area contributed by atoms with E-state index in [1.807, 2.05) is 0 Å². The number of likely N-dealkylation sites (tertiary alicyclic amines) is 1. The van der Waals surface area contributed by atoms with Crippen molar-refractivity contribution in [1.29, 1.82) is 0 Å². The average Bonchev–Trinajstić information content (AvgIpc) is 2.81. The number of benzene rings is 1. The normalized spacial score (nSPS) is 18.3. The quantitative estimate of drug-likeness (QED) is 0.181. The zero-order valence-corrected chi connectivity index (χ0v) is 25.7. The van der Waals surface area contributed by atoms with E-state index >= 15 is 0 Å². The van der Waals surface area contributed by atoms with Gasteiger partial charge in [0.2, 0.25) is 10.0 Å². The molecule has 1 saturated heterocycles. The Morgan fingerprint density at radius 2 is 1.16 bits per heavy atom. The zero-order chi connectivity index (χ0) is 27.2. The van der Waals surface area contributed by atoms with Crippen LogP contribution in [0.5, 0.6) is 0 Å². The first kappa shape index (κ1) is 32.3. The van der Waals surface area contributed by atoms with Crippen LogP contribution in [0.4, 0.5) is 0 Å². The van der Waals surface area contributed by atoms with Crippen LogP contribution in [0, 0.1) is 0 Å². The third-order valence-corrected chi connectivity index (χ3v) is 9.77. The number of hydrogen-bond acceptors (Lipinski definition) is 3. The highest BCUT2D eigenvalue weighted by atomic mass is 32.2. The Balaban J connectivity index is 1.62. The Morgan fingerprint density at radius 3 is 1.62 bits per heavy atom. The van der Waals surface area contributed by atoms with E-state index in [0.29, 0.717) is 0 Å². The first-order valence-corrected chi connectivity index (χ1v) is 17.0. The fourth-order valence-electron chi connectivity index (χ4n) is 6.39. The van der Waals surface area contributed by atoms with Crippen molar-refractivity contribution in [2.24, 2.45) is 0 Å². The number of rotatable bonds is 19. The van der Waals surface area contributed by atoms with Crippen LogP contribution in [0.25, 0.3) is 0 Å². The van der Waals surface area contributed by atoms with Gasteiger partial charge in [0, 0.05) is 23.7 Å². The molecule has 37 heavy (non-hydrogen) atoms. The molecular weight excluding hydrogens is 476 g/mol. The van der Waals surface area contributed by atoms with E-state index in [4.69, 9.17) is 0 Å². The van der Waals surface area contributed by atoms with Gasteiger partial charge in [-0.05, 0) is 52.5 Å². The van der Waals surface area contributed by atoms with Crippen molar-refractivity contribution in [3.63, 3.8) is 0 Å². The van der Waals surface area contributed by atoms with Gasteiger partial charge in [-0.3, -0.25) is 4.90 Å². The minimum atomic E-state index is -3.24. The summed E-state index contributed by atoms with van der Waals surface area (Å²) in [6.07, 6.45) is 19.6. The molecule has 2 rings (SSSR count). The molecule has 214 valence electrons. The summed E-state index contributed by atoms with van der Waals surface area (Å²) in [4.78, 5) is 2.55. The molecule has 0 radical (unpaired) electrons. The standard InChI is InChI=1S/C32H58N2O2S/c1-6-7-8-9-10-11-12-13-14-15-16-17-18-22-25-37(35,36)33-30-26-31(2,3)34(32(4,5)27-30)28-29-23-20-19-21-24-29/h19-21,23-24,30,33H,6-18,22,25-28H2,1-5H3. The van der Waals surface area contributed by atoms with Crippen LogP contribution in [-0.2, 0) is 16.6 Å². The van der Waals surface area contributed by atoms with Gasteiger partial charge < -0.3 is 0 Å². The number of unbranched alkanes of at least 4 members (excludes halogenated alkanes) is 13. The molecule has 1 aromatic rings. The van der Waals surface area contributed by atoms with Crippen LogP contribution >= 0.6 is 0 Å². The third kappa shape index (κ3) is 12.7. The Kier molecular flexibility index (Phi) is 14.2. The van der Waals surface area contributed by atoms with E-state index in [2.05, 4.69) is 74.6 Å². The molecule has 0 unspecified atom stereocenters. The van der Waals surface area contributed by atoms with E-state index in [1.165, 1.54) is 76.2 Å². The molecule has 0 bridgehead atoms. The first-order chi connectivity index (χ1) is 17.6. The lowest BCUT2D eigenvalue weighted by Crippen LogP contribution is -2.63. The van der Waals surface area contributed by atoms with Crippen molar-refractivity contribution < 1.29 is 8.42 Å². The molecule has 1 aromatic carbocycles. The molecule has 0 aliphatic carbocycles. The minimum absolute atomic E-state index is 0.00586. The second-order valence-corrected chi connectivity index (χ2v) is 14.7. The molecule has 0 atom stereocenters. The monoisotopic (exact) mass is 534 g/mol. The van der Waals surface area contributed by atoms with Gasteiger partial charge in [0.25, 0.3) is 0 Å². The molecule has 4 nitrogen and oxygen atoms in total. The molecular formula is C32H58N2O2S. The largest absolute Gasteiger partial charge is 0.289 e. The second-order valence-electron chi connectivity index (χ2n) is 12.8. The SMILES string of the molecule is CCCCCCCCCCCCCCCCS(=O)(=O)NC1CC(C)(C)N(Cc2ccccc2)C(C)(C)C1. The summed E-state index contributed by atoms with van der Waals surface area (Å²) in [5, 5.41) is 0. The van der Waals surface area contributed by atoms with Crippen molar-refractivity contribution in [3.8, 4) is 0 Å². The van der Waals surface area contributed by atoms with E-state index in [1.54, 1.807) is 0 Å². The topological polar surface area (TPSA) is 49.4 Å². The van der Waals surface area contributed by atoms with Gasteiger partial charge in [-0.25, -0.2) is 13.1 Å². The van der Waals surface area contributed by atoms with Gasteiger partial charge in [-0.2, -0.15) is 0 Å². The Labute approximate surface area is 230 Å². The van der Waals surface area contributed by atoms with Crippen molar-refractivity contribution >= 4 is 10.0 Å². The Hall–Kier alpha value is -0.910. The fourth-order valence-corrected chi connectivity index (χ4v) is 7.77. The van der Waals surface area contributed by atoms with Gasteiger partial charge in [-0.15, -0.1) is 0 Å². The molecule has 0 aromatic heterocycles. The van der Waals surface area contributed by atoms with Crippen LogP contribution in [0.15, 0.2) is 30.3 Å². The van der Waals surface area contributed by atoms with E-state index < -0.39 is 10.0 Å². The Morgan fingerprint density at radius 1 is 0.730 bits per heavy atom. The van der Waals surface area contributed by atoms with Crippen molar-refractivity contribution in [2.75, 3.05) is 5.75 Å². The highest BCUT2D eigenvalue weighted by Crippen LogP contribution is 2.39. The van der Waals surface area contributed by atoms with Crippen LogP contribution in [0.2, 0.25) is 0 Å². The summed E-state index contributed by atoms with van der Waals surface area (Å²) >= 11 is 0. The summed E-state index contributed by atoms with van der Waals surface area (Å²) < 4.78 is 28.9. The molecule has 1 aliphatic rings. The molecule has 1 heterocycles. The van der Waals surface area contributed by atoms with Gasteiger partial charge in [0.05, 0.1) is 5.75 Å². The summed E-state index contributed by atoms with van der Waals surface area (Å²) in [5.74, 6) is 0.260. The van der Waals surface area contributed by atoms with Crippen molar-refractivity contribution in [3.05, 3.63) is 35.9 Å². The van der Waals surface area contributed by atoms with E-state index in [0.717, 1.165) is 38.6 Å². The zero-order valence-electron chi connectivity index (χ0n) is 24.9. The van der Waals surface area contributed by atoms with Crippen LogP contribution in [-0.4, -0.2) is 36.2 Å². The maximum Gasteiger partial charge on any atom is 0.211 e. The molecule has 0 spiro atoms. The predicted octanol–water partition coefficient (Wildman–Crippen LogP) is 8.61. The molecule has 1 fully saturated rings. The molecule has 1 N–H and O–H groups in total. The van der Waals surface area contributed by atoms with E-state index in [-0.39, 0.29) is 22.9 Å². The number of nitrogens with zero attached hydrogens (tertiary/aromatic N) is 1. The smallest absolute Gasteiger partial charge is 0.211 e. The van der Waals surface area contributed by atoms with Crippen molar-refractivity contribution in [1.82, 2.24) is 9.62 Å². The van der Waals surface area contributed by atoms with Gasteiger partial charge in [-0.1, -0.05) is 121 Å². The fraction of sp³-hybridized carbons (Fsp3) is 0.812. The van der Waals surface area contributed by atoms with Gasteiger partial charge in [0.1, 0.15) is 0 Å². The lowest BCUT2D eigenvalue weighted by atomic mass is 9.77. The summed E-state index contributed by atoms with van der Waals surface area (Å²) in [7, 11) is -3.24. The van der Waals surface area contributed by atoms with Crippen LogP contribution in [0.3, 0.4) is 0 Å². The van der Waals surface area contributed by atoms with Crippen LogP contribution in [0.1, 0.15) is 143 Å². The molecule has 0 amide bonds. The predicted molar refractivity (Wildman–Crippen MR) is 160 cm³/mol. The van der Waals surface area contributed by atoms with E-state index in [9.17, 15) is 8.42 Å². The number of piperidine rings is 1. The maximum absolute atomic E-state index is 12.9. The summed E-state index contributed by atoms with van der Waals surface area (Å²) in [6.45, 7) is 12.2. The molecule has 5 heteroatoms. The second kappa shape index (κ2) is 16.3. The number of nitrogens with one attached hydrogen (secondary N) is 1. The average molecular weight is 535 g/mol. The maximum atomic E-state index is 12.9. The molecule has 1 aliphatic heterocycles. The van der Waals surface area contributed by atoms with Gasteiger partial charge in [0.15, 0.2) is 0 Å². The highest BCUT2D eigenvalue weighted by molar-refractivity contribution is 7.89.